The molecule has 1 saturated heterocycles. The molecule has 0 unspecified atom stereocenters. The van der Waals surface area contributed by atoms with Gasteiger partial charge in [0.25, 0.3) is 0 Å². The van der Waals surface area contributed by atoms with Crippen molar-refractivity contribution in [2.24, 2.45) is 5.92 Å². The summed E-state index contributed by atoms with van der Waals surface area (Å²) in [4.78, 5) is 10.1. The highest BCUT2D eigenvalue weighted by Gasteiger charge is 2.44. The van der Waals surface area contributed by atoms with Crippen LogP contribution < -0.4 is 4.90 Å². The fourth-order valence-corrected chi connectivity index (χ4v) is 2.14. The lowest BCUT2D eigenvalue weighted by Gasteiger charge is -2.49. The summed E-state index contributed by atoms with van der Waals surface area (Å²) in [7, 11) is 0. The Morgan fingerprint density at radius 1 is 1.53 bits per heavy atom. The Morgan fingerprint density at radius 3 is 2.73 bits per heavy atom. The Kier molecular flexibility index (Phi) is 2.68. The molecular weight excluding hydrogens is 258 g/mol. The topological polar surface area (TPSA) is 49.2 Å². The van der Waals surface area contributed by atoms with Crippen LogP contribution in [0.15, 0.2) is 17.0 Å². The first-order valence-electron chi connectivity index (χ1n) is 4.96. The average Bonchev–Trinajstić information content (AvgIpc) is 2.14. The Labute approximate surface area is 97.5 Å². The first-order chi connectivity index (χ1) is 7.03. The minimum atomic E-state index is -0.565. The van der Waals surface area contributed by atoms with Crippen LogP contribution in [0.4, 0.5) is 5.82 Å². The molecule has 1 aliphatic heterocycles. The van der Waals surface area contributed by atoms with E-state index in [1.54, 1.807) is 6.20 Å². The maximum atomic E-state index is 10.1. The number of hydrogen-bond acceptors (Lipinski definition) is 4. The molecule has 1 aromatic rings. The van der Waals surface area contributed by atoms with Crippen molar-refractivity contribution in [1.29, 1.82) is 0 Å². The normalized spacial score (nSPS) is 19.1. The van der Waals surface area contributed by atoms with E-state index in [0.29, 0.717) is 13.1 Å². The SMILES string of the molecule is CC(C)C1(O)CN(c2ncncc2Br)C1. The Bertz CT molecular complexity index is 363. The molecule has 0 spiro atoms. The number of halogens is 1. The van der Waals surface area contributed by atoms with Gasteiger partial charge in [-0.2, -0.15) is 0 Å². The second kappa shape index (κ2) is 3.72. The van der Waals surface area contributed by atoms with Crippen LogP contribution >= 0.6 is 15.9 Å². The highest BCUT2D eigenvalue weighted by atomic mass is 79.9. The van der Waals surface area contributed by atoms with Crippen molar-refractivity contribution < 1.29 is 5.11 Å². The van der Waals surface area contributed by atoms with E-state index in [9.17, 15) is 5.11 Å². The average molecular weight is 272 g/mol. The third-order valence-corrected chi connectivity index (χ3v) is 3.51. The van der Waals surface area contributed by atoms with Crippen molar-refractivity contribution in [1.82, 2.24) is 9.97 Å². The molecule has 1 aromatic heterocycles. The van der Waals surface area contributed by atoms with Crippen LogP contribution in [-0.2, 0) is 0 Å². The van der Waals surface area contributed by atoms with E-state index < -0.39 is 5.60 Å². The molecule has 1 fully saturated rings. The number of aliphatic hydroxyl groups is 1. The molecule has 2 heterocycles. The van der Waals surface area contributed by atoms with Gasteiger partial charge in [0.2, 0.25) is 0 Å². The van der Waals surface area contributed by atoms with E-state index >= 15 is 0 Å². The van der Waals surface area contributed by atoms with Crippen molar-refractivity contribution in [2.75, 3.05) is 18.0 Å². The molecule has 1 aliphatic rings. The van der Waals surface area contributed by atoms with Crippen LogP contribution in [-0.4, -0.2) is 33.8 Å². The molecule has 0 amide bonds. The quantitative estimate of drug-likeness (QED) is 0.885. The molecule has 4 nitrogen and oxygen atoms in total. The van der Waals surface area contributed by atoms with Crippen LogP contribution in [0.2, 0.25) is 0 Å². The van der Waals surface area contributed by atoms with Gasteiger partial charge in [-0.25, -0.2) is 9.97 Å². The fourth-order valence-electron chi connectivity index (χ4n) is 1.67. The zero-order valence-corrected chi connectivity index (χ0v) is 10.4. The summed E-state index contributed by atoms with van der Waals surface area (Å²) >= 11 is 3.40. The maximum absolute atomic E-state index is 10.1. The molecule has 0 radical (unpaired) electrons. The lowest BCUT2D eigenvalue weighted by Crippen LogP contribution is -2.65. The van der Waals surface area contributed by atoms with Gasteiger partial charge in [0.05, 0.1) is 17.6 Å². The van der Waals surface area contributed by atoms with Crippen molar-refractivity contribution in [3.05, 3.63) is 17.0 Å². The minimum Gasteiger partial charge on any atom is -0.386 e. The lowest BCUT2D eigenvalue weighted by molar-refractivity contribution is -0.0305. The summed E-state index contributed by atoms with van der Waals surface area (Å²) in [6.45, 7) is 5.35. The molecule has 1 N–H and O–H groups in total. The third-order valence-electron chi connectivity index (χ3n) is 2.95. The molecule has 15 heavy (non-hydrogen) atoms. The predicted molar refractivity (Wildman–Crippen MR) is 61.7 cm³/mol. The molecule has 82 valence electrons. The van der Waals surface area contributed by atoms with Gasteiger partial charge < -0.3 is 10.0 Å². The maximum Gasteiger partial charge on any atom is 0.146 e. The Hall–Kier alpha value is -0.680. The monoisotopic (exact) mass is 271 g/mol. The highest BCUT2D eigenvalue weighted by Crippen LogP contribution is 2.34. The Morgan fingerprint density at radius 2 is 2.20 bits per heavy atom. The first kappa shape index (κ1) is 10.8. The van der Waals surface area contributed by atoms with Gasteiger partial charge >= 0.3 is 0 Å². The lowest BCUT2D eigenvalue weighted by atomic mass is 9.83. The fraction of sp³-hybridized carbons (Fsp3) is 0.600. The largest absolute Gasteiger partial charge is 0.386 e. The first-order valence-corrected chi connectivity index (χ1v) is 5.75. The van der Waals surface area contributed by atoms with E-state index in [-0.39, 0.29) is 5.92 Å². The van der Waals surface area contributed by atoms with Gasteiger partial charge in [-0.3, -0.25) is 0 Å². The minimum absolute atomic E-state index is 0.273. The zero-order valence-electron chi connectivity index (χ0n) is 8.81. The number of anilines is 1. The van der Waals surface area contributed by atoms with Crippen LogP contribution in [0.25, 0.3) is 0 Å². The molecule has 2 rings (SSSR count). The summed E-state index contributed by atoms with van der Waals surface area (Å²) in [5.41, 5.74) is -0.565. The second-order valence-electron chi connectivity index (χ2n) is 4.31. The van der Waals surface area contributed by atoms with Gasteiger partial charge in [-0.15, -0.1) is 0 Å². The van der Waals surface area contributed by atoms with Gasteiger partial charge in [0, 0.05) is 6.20 Å². The summed E-state index contributed by atoms with van der Waals surface area (Å²) in [6.07, 6.45) is 3.24. The van der Waals surface area contributed by atoms with Crippen LogP contribution in [0, 0.1) is 5.92 Å². The summed E-state index contributed by atoms with van der Waals surface area (Å²) in [6, 6.07) is 0. The smallest absolute Gasteiger partial charge is 0.146 e. The van der Waals surface area contributed by atoms with Crippen LogP contribution in [0.5, 0.6) is 0 Å². The predicted octanol–water partition coefficient (Wildman–Crippen LogP) is 1.45. The molecular formula is C10H14BrN3O. The van der Waals surface area contributed by atoms with Crippen molar-refractivity contribution >= 4 is 21.7 Å². The van der Waals surface area contributed by atoms with E-state index in [1.807, 2.05) is 18.7 Å². The highest BCUT2D eigenvalue weighted by molar-refractivity contribution is 9.10. The molecule has 5 heteroatoms. The van der Waals surface area contributed by atoms with Crippen LogP contribution in [0.3, 0.4) is 0 Å². The standard InChI is InChI=1S/C10H14BrN3O/c1-7(2)10(15)4-14(5-10)9-8(11)3-12-6-13-9/h3,6-7,15H,4-5H2,1-2H3. The molecule has 0 aliphatic carbocycles. The molecule has 0 aromatic carbocycles. The Balaban J connectivity index is 2.10. The van der Waals surface area contributed by atoms with Gasteiger partial charge in [-0.1, -0.05) is 13.8 Å². The van der Waals surface area contributed by atoms with E-state index in [2.05, 4.69) is 25.9 Å². The number of β-amino-alcohol motifs (C(OH)–C–C–N with tert-alkyl or cyclic N) is 1. The summed E-state index contributed by atoms with van der Waals surface area (Å²) in [5.74, 6) is 1.13. The number of nitrogens with zero attached hydrogens (tertiary/aromatic N) is 3. The van der Waals surface area contributed by atoms with E-state index in [4.69, 9.17) is 0 Å². The van der Waals surface area contributed by atoms with Crippen molar-refractivity contribution in [3.63, 3.8) is 0 Å². The van der Waals surface area contributed by atoms with Gasteiger partial charge in [0.15, 0.2) is 0 Å². The molecule has 0 saturated carbocycles. The summed E-state index contributed by atoms with van der Waals surface area (Å²) < 4.78 is 0.871. The number of rotatable bonds is 2. The van der Waals surface area contributed by atoms with Gasteiger partial charge in [0.1, 0.15) is 17.7 Å². The van der Waals surface area contributed by atoms with Crippen molar-refractivity contribution in [2.45, 2.75) is 19.4 Å². The molecule has 0 bridgehead atoms. The third kappa shape index (κ3) is 1.86. The zero-order chi connectivity index (χ0) is 11.1. The van der Waals surface area contributed by atoms with Gasteiger partial charge in [-0.05, 0) is 21.8 Å². The second-order valence-corrected chi connectivity index (χ2v) is 5.16. The van der Waals surface area contributed by atoms with Crippen molar-refractivity contribution in [3.8, 4) is 0 Å². The molecule has 0 atom stereocenters. The van der Waals surface area contributed by atoms with Crippen LogP contribution in [0.1, 0.15) is 13.8 Å². The summed E-state index contributed by atoms with van der Waals surface area (Å²) in [5, 5.41) is 10.1. The van der Waals surface area contributed by atoms with E-state index in [1.165, 1.54) is 6.33 Å². The van der Waals surface area contributed by atoms with E-state index in [0.717, 1.165) is 10.3 Å². The number of hydrogen-bond donors (Lipinski definition) is 1. The number of aromatic nitrogens is 2.